The third-order valence-corrected chi connectivity index (χ3v) is 3.67. The van der Waals surface area contributed by atoms with E-state index in [-0.39, 0.29) is 38.5 Å². The Hall–Kier alpha value is -2.73. The van der Waals surface area contributed by atoms with Gasteiger partial charge in [0.25, 0.3) is 0 Å². The molecule has 0 aromatic heterocycles. The number of carboxylic acid groups (broad SMARTS) is 2. The van der Waals surface area contributed by atoms with Gasteiger partial charge in [0.15, 0.2) is 5.66 Å². The van der Waals surface area contributed by atoms with Gasteiger partial charge in [-0.2, -0.15) is 0 Å². The first kappa shape index (κ1) is 24.3. The number of aliphatic carboxylic acids is 2. The highest BCUT2D eigenvalue weighted by molar-refractivity contribution is 5.93. The number of carboxylic acids is 2. The summed E-state index contributed by atoms with van der Waals surface area (Å²) in [5.74, 6) is -4.89. The molecule has 0 aromatic rings. The molecule has 0 rings (SSSR count). The number of hydrogen-bond acceptors (Lipinski definition) is 7. The van der Waals surface area contributed by atoms with Gasteiger partial charge < -0.3 is 32.3 Å². The van der Waals surface area contributed by atoms with Crippen molar-refractivity contribution in [3.8, 4) is 0 Å². The van der Waals surface area contributed by atoms with Crippen LogP contribution in [-0.4, -0.2) is 57.6 Å². The molecular formula is C15H27N5O7. The maximum absolute atomic E-state index is 12.4. The van der Waals surface area contributed by atoms with Crippen LogP contribution in [0.4, 0.5) is 0 Å². The van der Waals surface area contributed by atoms with Gasteiger partial charge in [-0.15, -0.1) is 0 Å². The van der Waals surface area contributed by atoms with Crippen LogP contribution in [0.15, 0.2) is 0 Å². The number of hydrogen-bond donors (Lipinski definition) is 7. The molecule has 0 aliphatic heterocycles. The number of amides is 3. The van der Waals surface area contributed by atoms with Gasteiger partial charge in [-0.05, 0) is 32.6 Å². The van der Waals surface area contributed by atoms with Crippen LogP contribution in [0.3, 0.4) is 0 Å². The summed E-state index contributed by atoms with van der Waals surface area (Å²) in [6.45, 7) is 1.38. The predicted molar refractivity (Wildman–Crippen MR) is 92.8 cm³/mol. The van der Waals surface area contributed by atoms with E-state index in [9.17, 15) is 29.1 Å². The molecule has 27 heavy (non-hydrogen) atoms. The van der Waals surface area contributed by atoms with Crippen molar-refractivity contribution in [1.29, 1.82) is 0 Å². The van der Waals surface area contributed by atoms with Gasteiger partial charge in [0.1, 0.15) is 6.04 Å². The third-order valence-electron chi connectivity index (χ3n) is 3.67. The quantitative estimate of drug-likeness (QED) is 0.131. The molecule has 0 spiro atoms. The van der Waals surface area contributed by atoms with Crippen molar-refractivity contribution in [3.63, 3.8) is 0 Å². The lowest BCUT2D eigenvalue weighted by Crippen LogP contribution is -2.65. The highest BCUT2D eigenvalue weighted by atomic mass is 16.4. The topological polar surface area (TPSA) is 228 Å². The van der Waals surface area contributed by atoms with E-state index in [1.165, 1.54) is 6.92 Å². The lowest BCUT2D eigenvalue weighted by Gasteiger charge is -2.29. The molecule has 1 unspecified atom stereocenters. The first-order valence-electron chi connectivity index (χ1n) is 8.29. The number of nitrogens with one attached hydrogen (secondary N) is 2. The van der Waals surface area contributed by atoms with Crippen LogP contribution in [0, 0.1) is 0 Å². The maximum Gasteiger partial charge on any atom is 0.344 e. The van der Waals surface area contributed by atoms with Crippen molar-refractivity contribution in [2.24, 2.45) is 17.2 Å². The second kappa shape index (κ2) is 11.1. The Morgan fingerprint density at radius 3 is 2.07 bits per heavy atom. The van der Waals surface area contributed by atoms with E-state index in [2.05, 4.69) is 10.6 Å². The van der Waals surface area contributed by atoms with Crippen molar-refractivity contribution in [1.82, 2.24) is 10.6 Å². The summed E-state index contributed by atoms with van der Waals surface area (Å²) < 4.78 is 0. The predicted octanol–water partition coefficient (Wildman–Crippen LogP) is -2.42. The fourth-order valence-electron chi connectivity index (χ4n) is 2.07. The smallest absolute Gasteiger partial charge is 0.344 e. The Kier molecular flexibility index (Phi) is 9.96. The lowest BCUT2D eigenvalue weighted by atomic mass is 10.0. The van der Waals surface area contributed by atoms with Crippen LogP contribution in [0.1, 0.15) is 45.4 Å². The first-order valence-corrected chi connectivity index (χ1v) is 8.29. The molecular weight excluding hydrogens is 362 g/mol. The number of carbonyl (C=O) groups is 5. The summed E-state index contributed by atoms with van der Waals surface area (Å²) in [4.78, 5) is 57.1. The molecule has 0 bridgehead atoms. The molecule has 0 aliphatic rings. The number of rotatable bonds is 13. The second-order valence-electron chi connectivity index (χ2n) is 6.22. The summed E-state index contributed by atoms with van der Waals surface area (Å²) in [5.41, 5.74) is 14.0. The highest BCUT2D eigenvalue weighted by Crippen LogP contribution is 2.12. The molecule has 10 N–H and O–H groups in total. The molecule has 0 fully saturated rings. The van der Waals surface area contributed by atoms with E-state index in [0.717, 1.165) is 0 Å². The van der Waals surface area contributed by atoms with Crippen LogP contribution >= 0.6 is 0 Å². The lowest BCUT2D eigenvalue weighted by molar-refractivity contribution is -0.148. The summed E-state index contributed by atoms with van der Waals surface area (Å²) in [5, 5.41) is 22.4. The minimum Gasteiger partial charge on any atom is -0.481 e. The minimum absolute atomic E-state index is 0.132. The Balaban J connectivity index is 5.11. The number of primary amides is 1. The maximum atomic E-state index is 12.4. The van der Waals surface area contributed by atoms with E-state index in [1.54, 1.807) is 0 Å². The first-order chi connectivity index (χ1) is 12.4. The SMILES string of the molecule is C[C@H](N)C(=O)N[C@H](CCC(N)=O)C(=O)NC(N)(CCCCC(=O)O)C(=O)O. The number of unbranched alkanes of at least 4 members (excludes halogenated alkanes) is 1. The third kappa shape index (κ3) is 9.51. The van der Waals surface area contributed by atoms with Gasteiger partial charge >= 0.3 is 11.9 Å². The van der Waals surface area contributed by atoms with Crippen LogP contribution in [0.5, 0.6) is 0 Å². The number of nitrogens with two attached hydrogens (primary N) is 3. The average molecular weight is 389 g/mol. The van der Waals surface area contributed by atoms with Crippen LogP contribution in [-0.2, 0) is 24.0 Å². The molecule has 0 heterocycles. The van der Waals surface area contributed by atoms with Crippen molar-refractivity contribution in [2.75, 3.05) is 0 Å². The largest absolute Gasteiger partial charge is 0.481 e. The molecule has 0 saturated heterocycles. The number of carbonyl (C=O) groups excluding carboxylic acids is 3. The summed E-state index contributed by atoms with van der Waals surface area (Å²) in [6.07, 6.45) is -0.507. The molecule has 12 nitrogen and oxygen atoms in total. The highest BCUT2D eigenvalue weighted by Gasteiger charge is 2.37. The van der Waals surface area contributed by atoms with Gasteiger partial charge in [0.2, 0.25) is 17.7 Å². The Bertz CT molecular complexity index is 581. The van der Waals surface area contributed by atoms with E-state index in [1.807, 2.05) is 0 Å². The molecule has 3 atom stereocenters. The average Bonchev–Trinajstić information content (AvgIpc) is 2.54. The van der Waals surface area contributed by atoms with E-state index >= 15 is 0 Å². The van der Waals surface area contributed by atoms with Crippen molar-refractivity contribution in [3.05, 3.63) is 0 Å². The van der Waals surface area contributed by atoms with Crippen LogP contribution in [0.25, 0.3) is 0 Å². The van der Waals surface area contributed by atoms with Crippen molar-refractivity contribution < 1.29 is 34.2 Å². The van der Waals surface area contributed by atoms with Gasteiger partial charge in [-0.25, -0.2) is 4.79 Å². The Morgan fingerprint density at radius 2 is 1.63 bits per heavy atom. The van der Waals surface area contributed by atoms with E-state index in [4.69, 9.17) is 22.3 Å². The standard InChI is InChI=1S/C15H27N5O7/c1-8(16)12(24)19-9(5-6-10(17)21)13(25)20-15(18,14(26)27)7-3-2-4-11(22)23/h8-9H,2-7,16,18H2,1H3,(H2,17,21)(H,19,24)(H,20,25)(H,22,23)(H,26,27)/t8-,9+,15?/m0/s1. The molecule has 0 aromatic carbocycles. The minimum atomic E-state index is -2.17. The second-order valence-corrected chi connectivity index (χ2v) is 6.22. The molecule has 12 heteroatoms. The molecule has 154 valence electrons. The zero-order valence-corrected chi connectivity index (χ0v) is 15.1. The summed E-state index contributed by atoms with van der Waals surface area (Å²) in [7, 11) is 0. The van der Waals surface area contributed by atoms with E-state index in [0.29, 0.717) is 0 Å². The van der Waals surface area contributed by atoms with Gasteiger partial charge in [0, 0.05) is 12.8 Å². The molecule has 0 radical (unpaired) electrons. The molecule has 0 aliphatic carbocycles. The Morgan fingerprint density at radius 1 is 1.04 bits per heavy atom. The van der Waals surface area contributed by atoms with Crippen LogP contribution in [0.2, 0.25) is 0 Å². The molecule has 0 saturated carbocycles. The van der Waals surface area contributed by atoms with Gasteiger partial charge in [-0.3, -0.25) is 24.9 Å². The normalized spacial score (nSPS) is 15.1. The zero-order valence-electron chi connectivity index (χ0n) is 15.1. The summed E-state index contributed by atoms with van der Waals surface area (Å²) >= 11 is 0. The summed E-state index contributed by atoms with van der Waals surface area (Å²) in [6, 6.07) is -2.20. The van der Waals surface area contributed by atoms with Crippen molar-refractivity contribution >= 4 is 29.7 Å². The Labute approximate surface area is 155 Å². The fraction of sp³-hybridized carbons (Fsp3) is 0.667. The van der Waals surface area contributed by atoms with E-state index < -0.39 is 47.4 Å². The molecule has 3 amide bonds. The van der Waals surface area contributed by atoms with Crippen LogP contribution < -0.4 is 27.8 Å². The van der Waals surface area contributed by atoms with Gasteiger partial charge in [-0.1, -0.05) is 0 Å². The zero-order chi connectivity index (χ0) is 21.2. The van der Waals surface area contributed by atoms with Crippen molar-refractivity contribution in [2.45, 2.75) is 63.2 Å². The van der Waals surface area contributed by atoms with Gasteiger partial charge in [0.05, 0.1) is 6.04 Å². The monoisotopic (exact) mass is 389 g/mol. The fourth-order valence-corrected chi connectivity index (χ4v) is 2.07.